The summed E-state index contributed by atoms with van der Waals surface area (Å²) in [5.41, 5.74) is 8.09. The number of carbonyl (C=O) groups excluding carboxylic acids is 1. The molecule has 1 aromatic carbocycles. The number of hydrogen-bond donors (Lipinski definition) is 1. The Labute approximate surface area is 161 Å². The third-order valence-corrected chi connectivity index (χ3v) is 7.17. The quantitative estimate of drug-likeness (QED) is 0.741. The minimum absolute atomic E-state index is 0.0830. The summed E-state index contributed by atoms with van der Waals surface area (Å²) in [6.07, 6.45) is 0. The van der Waals surface area contributed by atoms with Crippen LogP contribution in [0.5, 0.6) is 0 Å². The van der Waals surface area contributed by atoms with Crippen molar-refractivity contribution >= 4 is 28.6 Å². The molecule has 1 fully saturated rings. The molecule has 2 atom stereocenters. The van der Waals surface area contributed by atoms with Gasteiger partial charge in [-0.05, 0) is 36.4 Å². The number of rotatable bonds is 4. The second-order valence-corrected chi connectivity index (χ2v) is 8.58. The van der Waals surface area contributed by atoms with Crippen LogP contribution in [0.4, 0.5) is 0 Å². The van der Waals surface area contributed by atoms with E-state index in [1.165, 1.54) is 16.9 Å². The van der Waals surface area contributed by atoms with Crippen molar-refractivity contribution in [3.63, 3.8) is 0 Å². The average Bonchev–Trinajstić information content (AvgIpc) is 3.40. The van der Waals surface area contributed by atoms with Crippen molar-refractivity contribution in [3.8, 4) is 9.88 Å². The number of aryl methyl sites for hydroxylation is 1. The highest BCUT2D eigenvalue weighted by Crippen LogP contribution is 2.36. The van der Waals surface area contributed by atoms with E-state index in [1.807, 2.05) is 47.5 Å². The molecule has 4 nitrogen and oxygen atoms in total. The summed E-state index contributed by atoms with van der Waals surface area (Å²) < 4.78 is 0. The molecule has 1 amide bonds. The molecule has 0 spiro atoms. The Morgan fingerprint density at radius 1 is 1.23 bits per heavy atom. The topological polar surface area (TPSA) is 59.2 Å². The Hall–Kier alpha value is -2.02. The number of thiazole rings is 1. The highest BCUT2D eigenvalue weighted by atomic mass is 32.1. The highest BCUT2D eigenvalue weighted by Gasteiger charge is 2.36. The van der Waals surface area contributed by atoms with E-state index in [0.717, 1.165) is 27.0 Å². The fourth-order valence-electron chi connectivity index (χ4n) is 3.60. The first kappa shape index (κ1) is 17.4. The summed E-state index contributed by atoms with van der Waals surface area (Å²) in [6.45, 7) is 3.94. The van der Waals surface area contributed by atoms with Gasteiger partial charge < -0.3 is 10.6 Å². The lowest BCUT2D eigenvalue weighted by molar-refractivity contribution is 0.0790. The van der Waals surface area contributed by atoms with Gasteiger partial charge in [-0.1, -0.05) is 36.4 Å². The Bertz CT molecular complexity index is 889. The summed E-state index contributed by atoms with van der Waals surface area (Å²) in [4.78, 5) is 21.6. The molecule has 1 saturated heterocycles. The van der Waals surface area contributed by atoms with E-state index in [1.54, 1.807) is 11.3 Å². The van der Waals surface area contributed by atoms with E-state index in [0.29, 0.717) is 24.9 Å². The van der Waals surface area contributed by atoms with Gasteiger partial charge in [0.05, 0.1) is 10.6 Å². The zero-order valence-corrected chi connectivity index (χ0v) is 16.2. The summed E-state index contributed by atoms with van der Waals surface area (Å²) in [7, 11) is 0. The van der Waals surface area contributed by atoms with Gasteiger partial charge in [-0.25, -0.2) is 4.98 Å². The van der Waals surface area contributed by atoms with Crippen molar-refractivity contribution in [2.45, 2.75) is 12.8 Å². The van der Waals surface area contributed by atoms with E-state index < -0.39 is 0 Å². The van der Waals surface area contributed by atoms with Crippen LogP contribution in [0.2, 0.25) is 0 Å². The first-order chi connectivity index (χ1) is 12.7. The lowest BCUT2D eigenvalue weighted by atomic mass is 9.89. The van der Waals surface area contributed by atoms with Crippen molar-refractivity contribution in [2.24, 2.45) is 11.7 Å². The smallest absolute Gasteiger partial charge is 0.265 e. The maximum Gasteiger partial charge on any atom is 0.265 e. The van der Waals surface area contributed by atoms with Gasteiger partial charge in [0.1, 0.15) is 9.88 Å². The molecule has 26 heavy (non-hydrogen) atoms. The minimum Gasteiger partial charge on any atom is -0.337 e. The molecule has 4 rings (SSSR count). The Morgan fingerprint density at radius 3 is 2.73 bits per heavy atom. The molecular weight excluding hydrogens is 362 g/mol. The van der Waals surface area contributed by atoms with Gasteiger partial charge in [-0.2, -0.15) is 0 Å². The van der Waals surface area contributed by atoms with Crippen molar-refractivity contribution in [1.82, 2.24) is 9.88 Å². The van der Waals surface area contributed by atoms with E-state index in [4.69, 9.17) is 5.73 Å². The number of amides is 1. The number of nitrogens with zero attached hydrogens (tertiary/aromatic N) is 2. The molecule has 0 bridgehead atoms. The molecule has 2 aromatic heterocycles. The molecule has 0 radical (unpaired) electrons. The van der Waals surface area contributed by atoms with Crippen molar-refractivity contribution in [2.75, 3.05) is 19.6 Å². The molecule has 6 heteroatoms. The summed E-state index contributed by atoms with van der Waals surface area (Å²) in [5.74, 6) is 0.682. The molecule has 1 aliphatic rings. The highest BCUT2D eigenvalue weighted by molar-refractivity contribution is 7.22. The predicted octanol–water partition coefficient (Wildman–Crippen LogP) is 3.99. The number of hydrogen-bond acceptors (Lipinski definition) is 5. The van der Waals surface area contributed by atoms with E-state index in [2.05, 4.69) is 17.1 Å². The Balaban J connectivity index is 1.57. The molecule has 2 N–H and O–H groups in total. The van der Waals surface area contributed by atoms with Crippen molar-refractivity contribution in [3.05, 3.63) is 64.0 Å². The molecule has 3 aromatic rings. The zero-order chi connectivity index (χ0) is 18.1. The second-order valence-electron chi connectivity index (χ2n) is 6.63. The fourth-order valence-corrected chi connectivity index (χ4v) is 5.43. The molecule has 1 aliphatic heterocycles. The van der Waals surface area contributed by atoms with Crippen LogP contribution in [-0.2, 0) is 0 Å². The van der Waals surface area contributed by atoms with Crippen LogP contribution in [0.15, 0.2) is 47.8 Å². The number of carbonyl (C=O) groups is 1. The standard InChI is InChI=1S/C20H21N3OS2/c1-13-18(26-19(22-13)17-8-5-9-25-17)20(24)23-11-15(10-21)16(12-23)14-6-3-2-4-7-14/h2-9,15-16H,10-12,21H2,1H3/t15-,16+/m1/s1. The molecule has 134 valence electrons. The van der Waals surface area contributed by atoms with Crippen LogP contribution in [0.3, 0.4) is 0 Å². The zero-order valence-electron chi connectivity index (χ0n) is 14.6. The summed E-state index contributed by atoms with van der Waals surface area (Å²) in [6, 6.07) is 14.4. The van der Waals surface area contributed by atoms with E-state index >= 15 is 0 Å². The van der Waals surface area contributed by atoms with Crippen LogP contribution in [-0.4, -0.2) is 35.4 Å². The van der Waals surface area contributed by atoms with Gasteiger partial charge in [-0.3, -0.25) is 4.79 Å². The minimum atomic E-state index is 0.0830. The Morgan fingerprint density at radius 2 is 2.04 bits per heavy atom. The first-order valence-electron chi connectivity index (χ1n) is 8.73. The molecule has 0 unspecified atom stereocenters. The van der Waals surface area contributed by atoms with Gasteiger partial charge in [0, 0.05) is 19.0 Å². The van der Waals surface area contributed by atoms with E-state index in [-0.39, 0.29) is 5.91 Å². The van der Waals surface area contributed by atoms with Gasteiger partial charge >= 0.3 is 0 Å². The largest absolute Gasteiger partial charge is 0.337 e. The number of benzene rings is 1. The predicted molar refractivity (Wildman–Crippen MR) is 108 cm³/mol. The van der Waals surface area contributed by atoms with Crippen LogP contribution >= 0.6 is 22.7 Å². The molecular formula is C20H21N3OS2. The lowest BCUT2D eigenvalue weighted by Crippen LogP contribution is -2.29. The van der Waals surface area contributed by atoms with Gasteiger partial charge in [-0.15, -0.1) is 22.7 Å². The van der Waals surface area contributed by atoms with Gasteiger partial charge in [0.15, 0.2) is 0 Å². The number of nitrogens with two attached hydrogens (primary N) is 1. The lowest BCUT2D eigenvalue weighted by Gasteiger charge is -2.16. The summed E-state index contributed by atoms with van der Waals surface area (Å²) in [5, 5.41) is 2.96. The maximum absolute atomic E-state index is 13.1. The SMILES string of the molecule is Cc1nc(-c2cccs2)sc1C(=O)N1C[C@@H](CN)[C@H](c2ccccc2)C1. The van der Waals surface area contributed by atoms with Crippen LogP contribution in [0, 0.1) is 12.8 Å². The average molecular weight is 384 g/mol. The third kappa shape index (κ3) is 3.20. The van der Waals surface area contributed by atoms with Crippen LogP contribution in [0.1, 0.15) is 26.8 Å². The summed E-state index contributed by atoms with van der Waals surface area (Å²) >= 11 is 3.15. The molecule has 3 heterocycles. The molecule has 0 aliphatic carbocycles. The second kappa shape index (κ2) is 7.31. The number of aromatic nitrogens is 1. The van der Waals surface area contributed by atoms with Crippen molar-refractivity contribution < 1.29 is 4.79 Å². The van der Waals surface area contributed by atoms with Gasteiger partial charge in [0.25, 0.3) is 5.91 Å². The van der Waals surface area contributed by atoms with Gasteiger partial charge in [0.2, 0.25) is 0 Å². The fraction of sp³-hybridized carbons (Fsp3) is 0.300. The Kier molecular flexibility index (Phi) is 4.89. The maximum atomic E-state index is 13.1. The normalized spacial score (nSPS) is 19.8. The van der Waals surface area contributed by atoms with Crippen LogP contribution < -0.4 is 5.73 Å². The number of thiophene rings is 1. The van der Waals surface area contributed by atoms with Crippen molar-refractivity contribution in [1.29, 1.82) is 0 Å². The van der Waals surface area contributed by atoms with Crippen LogP contribution in [0.25, 0.3) is 9.88 Å². The number of likely N-dealkylation sites (tertiary alicyclic amines) is 1. The monoisotopic (exact) mass is 383 g/mol. The molecule has 0 saturated carbocycles. The van der Waals surface area contributed by atoms with E-state index in [9.17, 15) is 4.79 Å². The first-order valence-corrected chi connectivity index (χ1v) is 10.4. The third-order valence-electron chi connectivity index (χ3n) is 4.98.